The summed E-state index contributed by atoms with van der Waals surface area (Å²) in [5.41, 5.74) is 0.979. The zero-order valence-electron chi connectivity index (χ0n) is 13.7. The van der Waals surface area contributed by atoms with Crippen LogP contribution in [0.1, 0.15) is 55.6 Å². The van der Waals surface area contributed by atoms with Crippen molar-refractivity contribution in [3.05, 3.63) is 16.1 Å². The predicted octanol–water partition coefficient (Wildman–Crippen LogP) is 2.48. The summed E-state index contributed by atoms with van der Waals surface area (Å²) in [5, 5.41) is 11.6. The van der Waals surface area contributed by atoms with Gasteiger partial charge >= 0.3 is 6.03 Å². The van der Waals surface area contributed by atoms with Gasteiger partial charge in [-0.15, -0.1) is 11.3 Å². The molecular weight excluding hydrogens is 312 g/mol. The molecule has 1 aliphatic rings. The molecule has 0 radical (unpaired) electrons. The maximum absolute atomic E-state index is 11.7. The highest BCUT2D eigenvalue weighted by Crippen LogP contribution is 2.17. The molecule has 1 aromatic heterocycles. The van der Waals surface area contributed by atoms with Gasteiger partial charge in [-0.25, -0.2) is 9.78 Å². The van der Waals surface area contributed by atoms with Crippen LogP contribution in [0, 0.1) is 6.92 Å². The first-order valence-corrected chi connectivity index (χ1v) is 9.23. The van der Waals surface area contributed by atoms with E-state index in [-0.39, 0.29) is 11.9 Å². The van der Waals surface area contributed by atoms with Crippen molar-refractivity contribution in [2.24, 2.45) is 0 Å². The van der Waals surface area contributed by atoms with Crippen molar-refractivity contribution in [3.8, 4) is 0 Å². The van der Waals surface area contributed by atoms with Crippen molar-refractivity contribution >= 4 is 23.3 Å². The lowest BCUT2D eigenvalue weighted by Gasteiger charge is -2.22. The number of thiazole rings is 1. The SMILES string of the molecule is Cc1csc(CNC(=O)CCCNC(=O)NC2CCCCC2)n1. The molecule has 0 aliphatic heterocycles. The van der Waals surface area contributed by atoms with Crippen LogP contribution in [0.15, 0.2) is 5.38 Å². The molecule has 128 valence electrons. The van der Waals surface area contributed by atoms with E-state index in [2.05, 4.69) is 20.9 Å². The van der Waals surface area contributed by atoms with E-state index in [4.69, 9.17) is 0 Å². The molecule has 1 fully saturated rings. The zero-order chi connectivity index (χ0) is 16.5. The fourth-order valence-corrected chi connectivity index (χ4v) is 3.39. The van der Waals surface area contributed by atoms with Crippen molar-refractivity contribution in [3.63, 3.8) is 0 Å². The summed E-state index contributed by atoms with van der Waals surface area (Å²) in [6.45, 7) is 2.93. The minimum Gasteiger partial charge on any atom is -0.350 e. The lowest BCUT2D eigenvalue weighted by molar-refractivity contribution is -0.121. The first-order valence-electron chi connectivity index (χ1n) is 8.35. The molecule has 23 heavy (non-hydrogen) atoms. The number of hydrogen-bond donors (Lipinski definition) is 3. The second-order valence-electron chi connectivity index (χ2n) is 6.00. The summed E-state index contributed by atoms with van der Waals surface area (Å²) in [6, 6.07) is 0.198. The number of aromatic nitrogens is 1. The quantitative estimate of drug-likeness (QED) is 0.668. The van der Waals surface area contributed by atoms with Gasteiger partial charge in [0.1, 0.15) is 5.01 Å². The molecule has 1 aromatic rings. The van der Waals surface area contributed by atoms with Crippen LogP contribution in [0.25, 0.3) is 0 Å². The van der Waals surface area contributed by atoms with Gasteiger partial charge < -0.3 is 16.0 Å². The Morgan fingerprint density at radius 3 is 2.74 bits per heavy atom. The topological polar surface area (TPSA) is 83.1 Å². The minimum atomic E-state index is -0.115. The van der Waals surface area contributed by atoms with Crippen LogP contribution < -0.4 is 16.0 Å². The molecule has 3 amide bonds. The lowest BCUT2D eigenvalue weighted by atomic mass is 9.96. The Morgan fingerprint density at radius 2 is 2.04 bits per heavy atom. The minimum absolute atomic E-state index is 0.00709. The van der Waals surface area contributed by atoms with Crippen molar-refractivity contribution in [1.82, 2.24) is 20.9 Å². The van der Waals surface area contributed by atoms with E-state index in [0.29, 0.717) is 32.0 Å². The van der Waals surface area contributed by atoms with Crippen molar-refractivity contribution in [2.45, 2.75) is 64.5 Å². The number of carbonyl (C=O) groups excluding carboxylic acids is 2. The van der Waals surface area contributed by atoms with E-state index in [1.807, 2.05) is 12.3 Å². The van der Waals surface area contributed by atoms with Gasteiger partial charge in [0.25, 0.3) is 0 Å². The summed E-state index contributed by atoms with van der Waals surface area (Å²) < 4.78 is 0. The van der Waals surface area contributed by atoms with Crippen molar-refractivity contribution in [2.75, 3.05) is 6.54 Å². The van der Waals surface area contributed by atoms with Gasteiger partial charge in [0.15, 0.2) is 0 Å². The van der Waals surface area contributed by atoms with Crippen LogP contribution >= 0.6 is 11.3 Å². The van der Waals surface area contributed by atoms with Gasteiger partial charge in [-0.1, -0.05) is 19.3 Å². The first-order chi connectivity index (χ1) is 11.1. The molecule has 0 bridgehead atoms. The second-order valence-corrected chi connectivity index (χ2v) is 6.94. The number of amides is 3. The molecular formula is C16H26N4O2S. The molecule has 7 heteroatoms. The molecule has 1 saturated carbocycles. The number of carbonyl (C=O) groups is 2. The average Bonchev–Trinajstić information content (AvgIpc) is 2.96. The maximum atomic E-state index is 11.7. The van der Waals surface area contributed by atoms with E-state index in [1.165, 1.54) is 19.3 Å². The Balaban J connectivity index is 1.50. The van der Waals surface area contributed by atoms with E-state index in [0.717, 1.165) is 23.5 Å². The van der Waals surface area contributed by atoms with Gasteiger partial charge in [-0.2, -0.15) is 0 Å². The monoisotopic (exact) mass is 338 g/mol. The zero-order valence-corrected chi connectivity index (χ0v) is 14.5. The third kappa shape index (κ3) is 6.99. The smallest absolute Gasteiger partial charge is 0.315 e. The van der Waals surface area contributed by atoms with Crippen LogP contribution in [-0.2, 0) is 11.3 Å². The molecule has 3 N–H and O–H groups in total. The largest absolute Gasteiger partial charge is 0.350 e. The van der Waals surface area contributed by atoms with Crippen LogP contribution in [0.2, 0.25) is 0 Å². The van der Waals surface area contributed by atoms with Crippen LogP contribution in [0.5, 0.6) is 0 Å². The Bertz CT molecular complexity index is 512. The lowest BCUT2D eigenvalue weighted by Crippen LogP contribution is -2.43. The number of nitrogens with zero attached hydrogens (tertiary/aromatic N) is 1. The van der Waals surface area contributed by atoms with Gasteiger partial charge in [0, 0.05) is 30.1 Å². The molecule has 1 aliphatic carbocycles. The second kappa shape index (κ2) is 9.50. The maximum Gasteiger partial charge on any atom is 0.315 e. The molecule has 0 spiro atoms. The average molecular weight is 338 g/mol. The van der Waals surface area contributed by atoms with Crippen LogP contribution in [0.4, 0.5) is 4.79 Å². The van der Waals surface area contributed by atoms with Crippen LogP contribution in [-0.4, -0.2) is 29.5 Å². The summed E-state index contributed by atoms with van der Waals surface area (Å²) in [7, 11) is 0. The van der Waals surface area contributed by atoms with Crippen molar-refractivity contribution < 1.29 is 9.59 Å². The fraction of sp³-hybridized carbons (Fsp3) is 0.688. The highest BCUT2D eigenvalue weighted by molar-refractivity contribution is 7.09. The third-order valence-corrected chi connectivity index (χ3v) is 4.88. The van der Waals surface area contributed by atoms with Crippen molar-refractivity contribution in [1.29, 1.82) is 0 Å². The van der Waals surface area contributed by atoms with E-state index >= 15 is 0 Å². The number of nitrogens with one attached hydrogen (secondary N) is 3. The third-order valence-electron chi connectivity index (χ3n) is 3.91. The normalized spacial score (nSPS) is 15.2. The fourth-order valence-electron chi connectivity index (χ4n) is 2.68. The van der Waals surface area contributed by atoms with Gasteiger partial charge in [0.05, 0.1) is 6.54 Å². The Kier molecular flexibility index (Phi) is 7.32. The highest BCUT2D eigenvalue weighted by atomic mass is 32.1. The van der Waals surface area contributed by atoms with Crippen LogP contribution in [0.3, 0.4) is 0 Å². The highest BCUT2D eigenvalue weighted by Gasteiger charge is 2.15. The Morgan fingerprint density at radius 1 is 1.26 bits per heavy atom. The van der Waals surface area contributed by atoms with E-state index in [1.54, 1.807) is 11.3 Å². The first kappa shape index (κ1) is 17.7. The Hall–Kier alpha value is -1.63. The number of aryl methyl sites for hydroxylation is 1. The van der Waals surface area contributed by atoms with Gasteiger partial charge in [-0.05, 0) is 26.2 Å². The van der Waals surface area contributed by atoms with E-state index < -0.39 is 0 Å². The molecule has 2 rings (SSSR count). The van der Waals surface area contributed by atoms with Gasteiger partial charge in [0.2, 0.25) is 5.91 Å². The number of rotatable bonds is 7. The molecule has 0 saturated heterocycles. The molecule has 1 heterocycles. The Labute approximate surface area is 141 Å². The summed E-state index contributed by atoms with van der Waals surface area (Å²) in [5.74, 6) is -0.00709. The van der Waals surface area contributed by atoms with E-state index in [9.17, 15) is 9.59 Å². The summed E-state index contributed by atoms with van der Waals surface area (Å²) in [6.07, 6.45) is 6.87. The van der Waals surface area contributed by atoms with Gasteiger partial charge in [-0.3, -0.25) is 4.79 Å². The summed E-state index contributed by atoms with van der Waals surface area (Å²) in [4.78, 5) is 27.8. The molecule has 0 aromatic carbocycles. The predicted molar refractivity (Wildman–Crippen MR) is 91.3 cm³/mol. The molecule has 0 atom stereocenters. The number of hydrogen-bond acceptors (Lipinski definition) is 4. The standard InChI is InChI=1S/C16H26N4O2S/c1-12-11-23-15(19-12)10-18-14(21)8-5-9-17-16(22)20-13-6-3-2-4-7-13/h11,13H,2-10H2,1H3,(H,18,21)(H2,17,20,22). The summed E-state index contributed by atoms with van der Waals surface area (Å²) >= 11 is 1.55. The molecule has 0 unspecified atom stereocenters. The molecule has 6 nitrogen and oxygen atoms in total. The number of urea groups is 1.